The van der Waals surface area contributed by atoms with Gasteiger partial charge in [-0.1, -0.05) is 0 Å². The number of hydrogen-bond donors (Lipinski definition) is 2. The second-order valence-corrected chi connectivity index (χ2v) is 7.80. The smallest absolute Gasteiger partial charge is 0.271 e. The van der Waals surface area contributed by atoms with Crippen molar-refractivity contribution in [3.05, 3.63) is 33.4 Å². The predicted octanol–water partition coefficient (Wildman–Crippen LogP) is 1.62. The van der Waals surface area contributed by atoms with E-state index in [2.05, 4.69) is 4.72 Å². The zero-order valence-electron chi connectivity index (χ0n) is 12.9. The summed E-state index contributed by atoms with van der Waals surface area (Å²) in [5, 5.41) is 11.0. The van der Waals surface area contributed by atoms with Crippen LogP contribution in [0.4, 0.5) is 5.69 Å². The van der Waals surface area contributed by atoms with E-state index in [1.807, 2.05) is 0 Å². The third-order valence-electron chi connectivity index (χ3n) is 4.37. The molecule has 122 valence electrons. The fourth-order valence-corrected chi connectivity index (χ4v) is 4.38. The molecule has 0 spiro atoms. The summed E-state index contributed by atoms with van der Waals surface area (Å²) in [6.45, 7) is 5.26. The van der Waals surface area contributed by atoms with E-state index in [1.165, 1.54) is 6.07 Å². The number of rotatable bonds is 6. The second kappa shape index (κ2) is 5.60. The molecule has 7 nitrogen and oxygen atoms in total. The number of nitrogens with one attached hydrogen (secondary N) is 1. The molecule has 0 heterocycles. The highest BCUT2D eigenvalue weighted by Gasteiger charge is 2.43. The summed E-state index contributed by atoms with van der Waals surface area (Å²) in [5.74, 6) is 0.215. The number of nitrogens with zero attached hydrogens (tertiary/aromatic N) is 1. The van der Waals surface area contributed by atoms with Gasteiger partial charge in [0.1, 0.15) is 0 Å². The summed E-state index contributed by atoms with van der Waals surface area (Å²) in [7, 11) is -3.88. The Hall–Kier alpha value is -1.51. The number of sulfonamides is 1. The Morgan fingerprint density at radius 2 is 2.00 bits per heavy atom. The molecule has 0 aromatic heterocycles. The summed E-state index contributed by atoms with van der Waals surface area (Å²) in [5.41, 5.74) is 5.87. The van der Waals surface area contributed by atoms with Gasteiger partial charge in [-0.05, 0) is 50.7 Å². The largest absolute Gasteiger partial charge is 0.329 e. The van der Waals surface area contributed by atoms with E-state index in [1.54, 1.807) is 20.8 Å². The molecule has 0 aliphatic heterocycles. The number of nitrogens with two attached hydrogens (primary N) is 1. The van der Waals surface area contributed by atoms with Gasteiger partial charge in [0, 0.05) is 24.2 Å². The van der Waals surface area contributed by atoms with Crippen LogP contribution in [0, 0.1) is 29.9 Å². The lowest BCUT2D eigenvalue weighted by Gasteiger charge is -2.29. The topological polar surface area (TPSA) is 115 Å². The first-order chi connectivity index (χ1) is 10.1. The van der Waals surface area contributed by atoms with Crippen LogP contribution in [0.2, 0.25) is 0 Å². The molecule has 0 radical (unpaired) electrons. The van der Waals surface area contributed by atoms with E-state index >= 15 is 0 Å². The van der Waals surface area contributed by atoms with Gasteiger partial charge in [-0.2, -0.15) is 0 Å². The molecule has 0 amide bonds. The fraction of sp³-hybridized carbons (Fsp3) is 0.571. The highest BCUT2D eigenvalue weighted by molar-refractivity contribution is 7.89. The molecule has 1 saturated carbocycles. The van der Waals surface area contributed by atoms with Crippen LogP contribution in [0.15, 0.2) is 17.0 Å². The Labute approximate surface area is 130 Å². The van der Waals surface area contributed by atoms with Crippen LogP contribution >= 0.6 is 0 Å². The minimum absolute atomic E-state index is 0.0560. The summed E-state index contributed by atoms with van der Waals surface area (Å²) in [6, 6.07) is 2.48. The van der Waals surface area contributed by atoms with Crippen molar-refractivity contribution in [3.8, 4) is 0 Å². The Bertz CT molecular complexity index is 713. The summed E-state index contributed by atoms with van der Waals surface area (Å²) >= 11 is 0. The minimum Gasteiger partial charge on any atom is -0.329 e. The van der Waals surface area contributed by atoms with Crippen molar-refractivity contribution in [2.75, 3.05) is 6.54 Å². The first-order valence-corrected chi connectivity index (χ1v) is 8.59. The zero-order chi connectivity index (χ0) is 16.7. The van der Waals surface area contributed by atoms with Crippen LogP contribution in [-0.2, 0) is 10.0 Å². The third-order valence-corrected chi connectivity index (χ3v) is 6.11. The number of aryl methyl sites for hydroxylation is 1. The van der Waals surface area contributed by atoms with Crippen LogP contribution in [0.3, 0.4) is 0 Å². The second-order valence-electron chi connectivity index (χ2n) is 6.14. The van der Waals surface area contributed by atoms with Crippen molar-refractivity contribution in [2.45, 2.75) is 44.0 Å². The van der Waals surface area contributed by atoms with Gasteiger partial charge in [0.05, 0.1) is 9.82 Å². The van der Waals surface area contributed by atoms with E-state index in [-0.39, 0.29) is 23.0 Å². The highest BCUT2D eigenvalue weighted by atomic mass is 32.2. The number of nitro benzene ring substituents is 1. The number of benzene rings is 1. The summed E-state index contributed by atoms with van der Waals surface area (Å²) in [4.78, 5) is 10.3. The molecular formula is C14H21N3O4S. The van der Waals surface area contributed by atoms with Crippen LogP contribution < -0.4 is 10.5 Å². The Morgan fingerprint density at radius 1 is 1.41 bits per heavy atom. The van der Waals surface area contributed by atoms with Gasteiger partial charge in [-0.3, -0.25) is 10.1 Å². The first-order valence-electron chi connectivity index (χ1n) is 7.10. The van der Waals surface area contributed by atoms with Crippen molar-refractivity contribution in [2.24, 2.45) is 11.7 Å². The van der Waals surface area contributed by atoms with Gasteiger partial charge in [0.15, 0.2) is 0 Å². The van der Waals surface area contributed by atoms with E-state index in [0.29, 0.717) is 11.1 Å². The van der Waals surface area contributed by atoms with Crippen LogP contribution in [0.1, 0.15) is 30.9 Å². The van der Waals surface area contributed by atoms with E-state index in [0.717, 1.165) is 18.9 Å². The van der Waals surface area contributed by atoms with E-state index < -0.39 is 20.5 Å². The number of nitro groups is 1. The summed E-state index contributed by atoms with van der Waals surface area (Å²) in [6.07, 6.45) is 1.87. The van der Waals surface area contributed by atoms with Crippen LogP contribution in [0.5, 0.6) is 0 Å². The monoisotopic (exact) mass is 327 g/mol. The maximum Gasteiger partial charge on any atom is 0.271 e. The molecule has 1 aromatic carbocycles. The predicted molar refractivity (Wildman–Crippen MR) is 83.1 cm³/mol. The number of non-ortho nitro benzene ring substituents is 1. The van der Waals surface area contributed by atoms with Gasteiger partial charge >= 0.3 is 0 Å². The lowest BCUT2D eigenvalue weighted by Crippen LogP contribution is -2.53. The molecule has 1 atom stereocenters. The van der Waals surface area contributed by atoms with Crippen molar-refractivity contribution < 1.29 is 13.3 Å². The summed E-state index contributed by atoms with van der Waals surface area (Å²) < 4.78 is 28.1. The molecule has 3 N–H and O–H groups in total. The molecular weight excluding hydrogens is 306 g/mol. The zero-order valence-corrected chi connectivity index (χ0v) is 13.7. The average Bonchev–Trinajstić information content (AvgIpc) is 3.25. The normalized spacial score (nSPS) is 18.0. The fourth-order valence-electron chi connectivity index (χ4n) is 2.57. The van der Waals surface area contributed by atoms with Crippen molar-refractivity contribution in [1.29, 1.82) is 0 Å². The molecule has 22 heavy (non-hydrogen) atoms. The molecule has 1 unspecified atom stereocenters. The van der Waals surface area contributed by atoms with Gasteiger partial charge < -0.3 is 5.73 Å². The van der Waals surface area contributed by atoms with E-state index in [4.69, 9.17) is 5.73 Å². The van der Waals surface area contributed by atoms with Gasteiger partial charge in [-0.25, -0.2) is 13.1 Å². The minimum atomic E-state index is -3.88. The van der Waals surface area contributed by atoms with Crippen LogP contribution in [-0.4, -0.2) is 25.4 Å². The molecule has 1 aromatic rings. The molecule has 1 fully saturated rings. The molecule has 8 heteroatoms. The quantitative estimate of drug-likeness (QED) is 0.608. The molecule has 1 aliphatic carbocycles. The molecule has 0 bridgehead atoms. The molecule has 0 saturated heterocycles. The SMILES string of the molecule is Cc1cc([N+](=O)[O-])cc(S(=O)(=O)NC(C)(CN)C2CC2)c1C. The maximum absolute atomic E-state index is 12.7. The highest BCUT2D eigenvalue weighted by Crippen LogP contribution is 2.40. The first kappa shape index (κ1) is 16.9. The Balaban J connectivity index is 2.47. The molecule has 2 rings (SSSR count). The standard InChI is InChI=1S/C14H21N3O4S/c1-9-6-12(17(18)19)7-13(10(9)2)22(20,21)16-14(3,8-15)11-4-5-11/h6-7,11,16H,4-5,8,15H2,1-3H3. The van der Waals surface area contributed by atoms with Gasteiger partial charge in [-0.15, -0.1) is 0 Å². The Morgan fingerprint density at radius 3 is 2.45 bits per heavy atom. The number of hydrogen-bond acceptors (Lipinski definition) is 5. The Kier molecular flexibility index (Phi) is 4.29. The van der Waals surface area contributed by atoms with Crippen molar-refractivity contribution >= 4 is 15.7 Å². The van der Waals surface area contributed by atoms with E-state index in [9.17, 15) is 18.5 Å². The lowest BCUT2D eigenvalue weighted by atomic mass is 9.98. The van der Waals surface area contributed by atoms with Crippen molar-refractivity contribution in [1.82, 2.24) is 4.72 Å². The maximum atomic E-state index is 12.7. The molecule has 1 aliphatic rings. The third kappa shape index (κ3) is 3.13. The average molecular weight is 327 g/mol. The lowest BCUT2D eigenvalue weighted by molar-refractivity contribution is -0.385. The van der Waals surface area contributed by atoms with Gasteiger partial charge in [0.2, 0.25) is 10.0 Å². The van der Waals surface area contributed by atoms with Crippen LogP contribution in [0.25, 0.3) is 0 Å². The van der Waals surface area contributed by atoms with Crippen molar-refractivity contribution in [3.63, 3.8) is 0 Å². The van der Waals surface area contributed by atoms with Gasteiger partial charge in [0.25, 0.3) is 5.69 Å².